The van der Waals surface area contributed by atoms with E-state index in [0.717, 1.165) is 17.7 Å². The summed E-state index contributed by atoms with van der Waals surface area (Å²) >= 11 is 0. The number of hydrogen-bond donors (Lipinski definition) is 2. The largest absolute Gasteiger partial charge is 0.481 e. The minimum Gasteiger partial charge on any atom is -0.481 e. The second kappa shape index (κ2) is 4.79. The van der Waals surface area contributed by atoms with Gasteiger partial charge in [-0.05, 0) is 24.3 Å². The van der Waals surface area contributed by atoms with Gasteiger partial charge in [-0.15, -0.1) is 0 Å². The van der Waals surface area contributed by atoms with Crippen LogP contribution in [0.3, 0.4) is 0 Å². The third-order valence-electron chi connectivity index (χ3n) is 2.03. The molecule has 14 heavy (non-hydrogen) atoms. The van der Waals surface area contributed by atoms with Crippen LogP contribution < -0.4 is 0 Å². The molecule has 0 aromatic carbocycles. The van der Waals surface area contributed by atoms with E-state index < -0.39 is 5.97 Å². The minimum atomic E-state index is -0.762. The van der Waals surface area contributed by atoms with Crippen molar-refractivity contribution in [2.24, 2.45) is 5.92 Å². The summed E-state index contributed by atoms with van der Waals surface area (Å²) in [5, 5.41) is 15.4. The van der Waals surface area contributed by atoms with Gasteiger partial charge >= 0.3 is 5.97 Å². The molecule has 0 fully saturated rings. The van der Waals surface area contributed by atoms with Gasteiger partial charge in [0.1, 0.15) is 0 Å². The molecule has 0 spiro atoms. The first-order chi connectivity index (χ1) is 6.59. The molecule has 0 amide bonds. The van der Waals surface area contributed by atoms with Gasteiger partial charge in [0, 0.05) is 12.1 Å². The van der Waals surface area contributed by atoms with Crippen LogP contribution in [0.15, 0.2) is 6.20 Å². The number of aryl methyl sites for hydroxylation is 1. The van der Waals surface area contributed by atoms with Gasteiger partial charge in [0.15, 0.2) is 0 Å². The lowest BCUT2D eigenvalue weighted by atomic mass is 10.0. The van der Waals surface area contributed by atoms with Crippen LogP contribution in [0.5, 0.6) is 0 Å². The maximum Gasteiger partial charge on any atom is 0.303 e. The fourth-order valence-corrected chi connectivity index (χ4v) is 1.38. The van der Waals surface area contributed by atoms with Crippen molar-refractivity contribution in [3.8, 4) is 0 Å². The Bertz CT molecular complexity index is 305. The highest BCUT2D eigenvalue weighted by Crippen LogP contribution is 2.12. The smallest absolute Gasteiger partial charge is 0.303 e. The van der Waals surface area contributed by atoms with E-state index in [1.807, 2.05) is 0 Å². The number of aliphatic carboxylic acids is 1. The molecule has 0 atom stereocenters. The number of aromatic nitrogens is 2. The molecular formula is C10H16N2O2. The van der Waals surface area contributed by atoms with Gasteiger partial charge in [-0.2, -0.15) is 5.10 Å². The van der Waals surface area contributed by atoms with E-state index in [2.05, 4.69) is 24.0 Å². The summed E-state index contributed by atoms with van der Waals surface area (Å²) in [7, 11) is 0. The highest BCUT2D eigenvalue weighted by Gasteiger charge is 2.08. The van der Waals surface area contributed by atoms with Crippen LogP contribution >= 0.6 is 0 Å². The van der Waals surface area contributed by atoms with E-state index in [9.17, 15) is 4.79 Å². The number of carboxylic acids is 1. The number of aromatic amines is 1. The third-order valence-corrected chi connectivity index (χ3v) is 2.03. The lowest BCUT2D eigenvalue weighted by molar-refractivity contribution is -0.136. The van der Waals surface area contributed by atoms with Crippen LogP contribution in [-0.2, 0) is 17.6 Å². The van der Waals surface area contributed by atoms with Crippen molar-refractivity contribution < 1.29 is 9.90 Å². The summed E-state index contributed by atoms with van der Waals surface area (Å²) in [4.78, 5) is 10.4. The number of carbonyl (C=O) groups is 1. The van der Waals surface area contributed by atoms with Gasteiger partial charge in [0.05, 0.1) is 6.20 Å². The Labute approximate surface area is 83.3 Å². The zero-order valence-electron chi connectivity index (χ0n) is 8.58. The normalized spacial score (nSPS) is 10.8. The maximum absolute atomic E-state index is 10.4. The number of rotatable bonds is 5. The van der Waals surface area contributed by atoms with Gasteiger partial charge in [0.2, 0.25) is 0 Å². The molecule has 0 aliphatic rings. The Kier molecular flexibility index (Phi) is 3.68. The molecule has 0 unspecified atom stereocenters. The summed E-state index contributed by atoms with van der Waals surface area (Å²) in [6.45, 7) is 4.25. The molecule has 0 aliphatic heterocycles. The first-order valence-electron chi connectivity index (χ1n) is 4.82. The predicted octanol–water partition coefficient (Wildman–Crippen LogP) is 1.63. The van der Waals surface area contributed by atoms with Crippen LogP contribution in [0.1, 0.15) is 31.5 Å². The van der Waals surface area contributed by atoms with Crippen LogP contribution in [-0.4, -0.2) is 21.3 Å². The minimum absolute atomic E-state index is 0.171. The number of hydrogen-bond acceptors (Lipinski definition) is 2. The Morgan fingerprint density at radius 3 is 2.93 bits per heavy atom. The first-order valence-corrected chi connectivity index (χ1v) is 4.82. The second-order valence-corrected chi connectivity index (χ2v) is 3.87. The Morgan fingerprint density at radius 2 is 2.36 bits per heavy atom. The van der Waals surface area contributed by atoms with Gasteiger partial charge in [-0.25, -0.2) is 0 Å². The molecular weight excluding hydrogens is 180 g/mol. The zero-order chi connectivity index (χ0) is 10.6. The average Bonchev–Trinajstić information content (AvgIpc) is 2.47. The topological polar surface area (TPSA) is 66.0 Å². The molecule has 0 saturated carbocycles. The van der Waals surface area contributed by atoms with Gasteiger partial charge in [-0.1, -0.05) is 13.8 Å². The maximum atomic E-state index is 10.4. The summed E-state index contributed by atoms with van der Waals surface area (Å²) < 4.78 is 0. The van der Waals surface area contributed by atoms with Crippen LogP contribution in [0.25, 0.3) is 0 Å². The predicted molar refractivity (Wildman–Crippen MR) is 53.1 cm³/mol. The van der Waals surface area contributed by atoms with E-state index >= 15 is 0 Å². The van der Waals surface area contributed by atoms with Gasteiger partial charge in [0.25, 0.3) is 0 Å². The Morgan fingerprint density at radius 1 is 1.64 bits per heavy atom. The van der Waals surface area contributed by atoms with Crippen molar-refractivity contribution in [2.75, 3.05) is 0 Å². The van der Waals surface area contributed by atoms with Crippen LogP contribution in [0, 0.1) is 5.92 Å². The summed E-state index contributed by atoms with van der Waals surface area (Å²) in [5.41, 5.74) is 2.10. The molecule has 0 bridgehead atoms. The highest BCUT2D eigenvalue weighted by molar-refractivity contribution is 5.67. The van der Waals surface area contributed by atoms with Crippen LogP contribution in [0.2, 0.25) is 0 Å². The molecule has 1 rings (SSSR count). The Hall–Kier alpha value is -1.32. The molecule has 0 radical (unpaired) electrons. The number of nitrogens with one attached hydrogen (secondary N) is 1. The van der Waals surface area contributed by atoms with Gasteiger partial charge < -0.3 is 5.11 Å². The van der Waals surface area contributed by atoms with Gasteiger partial charge in [-0.3, -0.25) is 9.89 Å². The van der Waals surface area contributed by atoms with Crippen molar-refractivity contribution in [1.82, 2.24) is 10.2 Å². The lowest BCUT2D eigenvalue weighted by Crippen LogP contribution is -2.01. The fourth-order valence-electron chi connectivity index (χ4n) is 1.38. The number of nitrogens with zero attached hydrogens (tertiary/aromatic N) is 1. The summed E-state index contributed by atoms with van der Waals surface area (Å²) in [5.74, 6) is -0.208. The molecule has 78 valence electrons. The highest BCUT2D eigenvalue weighted by atomic mass is 16.4. The third kappa shape index (κ3) is 3.20. The second-order valence-electron chi connectivity index (χ2n) is 3.87. The quantitative estimate of drug-likeness (QED) is 0.752. The van der Waals surface area contributed by atoms with E-state index in [1.54, 1.807) is 6.20 Å². The molecule has 0 saturated heterocycles. The summed E-state index contributed by atoms with van der Waals surface area (Å²) in [6.07, 6.45) is 3.38. The molecule has 1 heterocycles. The van der Waals surface area contributed by atoms with Crippen molar-refractivity contribution >= 4 is 5.97 Å². The Balaban J connectivity index is 2.58. The molecule has 1 aromatic heterocycles. The zero-order valence-corrected chi connectivity index (χ0v) is 8.58. The lowest BCUT2D eigenvalue weighted by Gasteiger charge is -2.04. The van der Waals surface area contributed by atoms with E-state index in [-0.39, 0.29) is 6.42 Å². The SMILES string of the molecule is CC(C)Cc1[nH]ncc1CCC(=O)O. The van der Waals surface area contributed by atoms with E-state index in [4.69, 9.17) is 5.11 Å². The molecule has 1 aromatic rings. The molecule has 4 heteroatoms. The monoisotopic (exact) mass is 196 g/mol. The van der Waals surface area contributed by atoms with E-state index in [1.165, 1.54) is 0 Å². The standard InChI is InChI=1S/C10H16N2O2/c1-7(2)5-9-8(6-11-12-9)3-4-10(13)14/h6-7H,3-5H2,1-2H3,(H,11,12)(H,13,14). The fraction of sp³-hybridized carbons (Fsp3) is 0.600. The van der Waals surface area contributed by atoms with Crippen molar-refractivity contribution in [3.63, 3.8) is 0 Å². The van der Waals surface area contributed by atoms with Crippen molar-refractivity contribution in [3.05, 3.63) is 17.5 Å². The molecule has 2 N–H and O–H groups in total. The summed E-state index contributed by atoms with van der Waals surface area (Å²) in [6, 6.07) is 0. The van der Waals surface area contributed by atoms with E-state index in [0.29, 0.717) is 12.3 Å². The average molecular weight is 196 g/mol. The number of H-pyrrole nitrogens is 1. The van der Waals surface area contributed by atoms with Crippen LogP contribution in [0.4, 0.5) is 0 Å². The van der Waals surface area contributed by atoms with Crippen molar-refractivity contribution in [2.45, 2.75) is 33.1 Å². The van der Waals surface area contributed by atoms with Crippen molar-refractivity contribution in [1.29, 1.82) is 0 Å². The first kappa shape index (κ1) is 10.8. The number of carboxylic acid groups (broad SMARTS) is 1. The molecule has 0 aliphatic carbocycles. The molecule has 4 nitrogen and oxygen atoms in total.